The van der Waals surface area contributed by atoms with Crippen LogP contribution in [0.25, 0.3) is 6.08 Å². The molecule has 1 N–H and O–H groups in total. The van der Waals surface area contributed by atoms with Gasteiger partial charge in [0.15, 0.2) is 0 Å². The lowest BCUT2D eigenvalue weighted by atomic mass is 10.2. The summed E-state index contributed by atoms with van der Waals surface area (Å²) in [6, 6.07) is 3.74. The van der Waals surface area contributed by atoms with E-state index in [0.29, 0.717) is 11.3 Å². The van der Waals surface area contributed by atoms with Crippen molar-refractivity contribution < 1.29 is 23.4 Å². The van der Waals surface area contributed by atoms with Crippen molar-refractivity contribution in [3.8, 4) is 5.75 Å². The first-order valence-electron chi connectivity index (χ1n) is 5.03. The lowest BCUT2D eigenvalue weighted by Crippen LogP contribution is -2.00. The fourth-order valence-electron chi connectivity index (χ4n) is 1.18. The van der Waals surface area contributed by atoms with Crippen LogP contribution in [-0.4, -0.2) is 24.4 Å². The number of rotatable bonds is 6. The predicted molar refractivity (Wildman–Crippen MR) is 59.2 cm³/mol. The molecule has 17 heavy (non-hydrogen) atoms. The highest BCUT2D eigenvalue weighted by Crippen LogP contribution is 2.21. The molecule has 0 heterocycles. The van der Waals surface area contributed by atoms with Crippen molar-refractivity contribution in [1.29, 1.82) is 0 Å². The van der Waals surface area contributed by atoms with E-state index in [0.717, 1.165) is 12.1 Å². The zero-order valence-corrected chi connectivity index (χ0v) is 9.03. The molecule has 0 saturated heterocycles. The summed E-state index contributed by atoms with van der Waals surface area (Å²) in [6.07, 6.45) is 2.35. The first-order valence-corrected chi connectivity index (χ1v) is 5.03. The van der Waals surface area contributed by atoms with Crippen LogP contribution >= 0.6 is 0 Å². The fourth-order valence-corrected chi connectivity index (χ4v) is 1.18. The highest BCUT2D eigenvalue weighted by molar-refractivity contribution is 5.85. The Kier molecular flexibility index (Phi) is 5.13. The number of hydrogen-bond donors (Lipinski definition) is 1. The molecule has 1 rings (SSSR count). The third kappa shape index (κ3) is 4.63. The number of carboxylic acids is 1. The molecular weight excluding hydrogens is 230 g/mol. The summed E-state index contributed by atoms with van der Waals surface area (Å²) in [7, 11) is 0. The monoisotopic (exact) mass is 242 g/mol. The standard InChI is InChI=1S/C12H12F2O3/c13-6-1-7-17-11-4-3-10(14)8-9(11)2-5-12(15)16/h2-5,8H,1,6-7H2,(H,15,16)/b5-2+. The van der Waals surface area contributed by atoms with Crippen LogP contribution in [0.3, 0.4) is 0 Å². The Hall–Kier alpha value is -1.91. The van der Waals surface area contributed by atoms with Crippen molar-refractivity contribution in [2.45, 2.75) is 6.42 Å². The van der Waals surface area contributed by atoms with Crippen LogP contribution in [0.1, 0.15) is 12.0 Å². The average molecular weight is 242 g/mol. The van der Waals surface area contributed by atoms with Gasteiger partial charge in [-0.25, -0.2) is 9.18 Å². The van der Waals surface area contributed by atoms with Crippen LogP contribution in [0, 0.1) is 5.82 Å². The maximum Gasteiger partial charge on any atom is 0.328 e. The summed E-state index contributed by atoms with van der Waals surface area (Å²) in [5, 5.41) is 8.48. The Labute approximate surface area is 97.3 Å². The number of aliphatic carboxylic acids is 1. The third-order valence-electron chi connectivity index (χ3n) is 1.91. The molecule has 5 heteroatoms. The zero-order valence-electron chi connectivity index (χ0n) is 9.03. The second-order valence-electron chi connectivity index (χ2n) is 3.24. The van der Waals surface area contributed by atoms with E-state index < -0.39 is 18.5 Å². The lowest BCUT2D eigenvalue weighted by Gasteiger charge is -2.08. The highest BCUT2D eigenvalue weighted by Gasteiger charge is 2.03. The minimum Gasteiger partial charge on any atom is -0.493 e. The van der Waals surface area contributed by atoms with E-state index in [-0.39, 0.29) is 13.0 Å². The molecule has 1 aromatic rings. The number of benzene rings is 1. The summed E-state index contributed by atoms with van der Waals surface area (Å²) in [4.78, 5) is 10.4. The Bertz CT molecular complexity index is 416. The van der Waals surface area contributed by atoms with Gasteiger partial charge < -0.3 is 9.84 Å². The zero-order chi connectivity index (χ0) is 12.7. The first-order chi connectivity index (χ1) is 8.13. The van der Waals surface area contributed by atoms with Gasteiger partial charge in [0.1, 0.15) is 11.6 Å². The van der Waals surface area contributed by atoms with E-state index in [2.05, 4.69) is 0 Å². The maximum absolute atomic E-state index is 13.0. The topological polar surface area (TPSA) is 46.5 Å². The third-order valence-corrected chi connectivity index (χ3v) is 1.91. The van der Waals surface area contributed by atoms with Crippen molar-refractivity contribution in [2.24, 2.45) is 0 Å². The predicted octanol–water partition coefficient (Wildman–Crippen LogP) is 2.66. The van der Waals surface area contributed by atoms with Crippen molar-refractivity contribution >= 4 is 12.0 Å². The molecule has 0 atom stereocenters. The van der Waals surface area contributed by atoms with Gasteiger partial charge in [0.05, 0.1) is 13.3 Å². The first kappa shape index (κ1) is 13.2. The Morgan fingerprint density at radius 3 is 2.88 bits per heavy atom. The fraction of sp³-hybridized carbons (Fsp3) is 0.250. The Balaban J connectivity index is 2.83. The van der Waals surface area contributed by atoms with Gasteiger partial charge in [-0.2, -0.15) is 0 Å². The number of carboxylic acid groups (broad SMARTS) is 1. The van der Waals surface area contributed by atoms with Gasteiger partial charge in [0, 0.05) is 18.1 Å². The van der Waals surface area contributed by atoms with Crippen molar-refractivity contribution in [1.82, 2.24) is 0 Å². The summed E-state index contributed by atoms with van der Waals surface area (Å²) >= 11 is 0. The second kappa shape index (κ2) is 6.62. The van der Waals surface area contributed by atoms with E-state index in [9.17, 15) is 13.6 Å². The molecular formula is C12H12F2O3. The minimum atomic E-state index is -1.14. The smallest absolute Gasteiger partial charge is 0.328 e. The molecule has 3 nitrogen and oxygen atoms in total. The molecule has 0 aliphatic carbocycles. The highest BCUT2D eigenvalue weighted by atomic mass is 19.1. The molecule has 0 unspecified atom stereocenters. The van der Waals surface area contributed by atoms with E-state index in [4.69, 9.17) is 9.84 Å². The molecule has 0 aliphatic heterocycles. The van der Waals surface area contributed by atoms with E-state index in [1.807, 2.05) is 0 Å². The van der Waals surface area contributed by atoms with Gasteiger partial charge in [-0.1, -0.05) is 0 Å². The minimum absolute atomic E-state index is 0.163. The normalized spacial score (nSPS) is 10.7. The van der Waals surface area contributed by atoms with E-state index in [1.165, 1.54) is 18.2 Å². The second-order valence-corrected chi connectivity index (χ2v) is 3.24. The quantitative estimate of drug-likeness (QED) is 0.616. The largest absolute Gasteiger partial charge is 0.493 e. The lowest BCUT2D eigenvalue weighted by molar-refractivity contribution is -0.131. The van der Waals surface area contributed by atoms with Crippen LogP contribution < -0.4 is 4.74 Å². The maximum atomic E-state index is 13.0. The number of carbonyl (C=O) groups is 1. The van der Waals surface area contributed by atoms with Crippen LogP contribution in [0.4, 0.5) is 8.78 Å². The molecule has 0 amide bonds. The SMILES string of the molecule is O=C(O)/C=C/c1cc(F)ccc1OCCCF. The van der Waals surface area contributed by atoms with Gasteiger partial charge in [-0.3, -0.25) is 4.39 Å². The number of hydrogen-bond acceptors (Lipinski definition) is 2. The van der Waals surface area contributed by atoms with Gasteiger partial charge in [-0.05, 0) is 24.3 Å². The number of halogens is 2. The van der Waals surface area contributed by atoms with E-state index >= 15 is 0 Å². The molecule has 0 spiro atoms. The molecule has 92 valence electrons. The molecule has 1 aromatic carbocycles. The number of ether oxygens (including phenoxy) is 1. The van der Waals surface area contributed by atoms with Gasteiger partial charge in [0.25, 0.3) is 0 Å². The summed E-state index contributed by atoms with van der Waals surface area (Å²) < 4.78 is 30.1. The van der Waals surface area contributed by atoms with E-state index in [1.54, 1.807) is 0 Å². The number of alkyl halides is 1. The molecule has 0 aromatic heterocycles. The van der Waals surface area contributed by atoms with Gasteiger partial charge in [0.2, 0.25) is 0 Å². The van der Waals surface area contributed by atoms with Gasteiger partial charge in [-0.15, -0.1) is 0 Å². The average Bonchev–Trinajstić information content (AvgIpc) is 2.29. The van der Waals surface area contributed by atoms with Crippen LogP contribution in [-0.2, 0) is 4.79 Å². The summed E-state index contributed by atoms with van der Waals surface area (Å²) in [5.74, 6) is -1.30. The molecule has 0 bridgehead atoms. The van der Waals surface area contributed by atoms with Crippen LogP contribution in [0.5, 0.6) is 5.75 Å². The van der Waals surface area contributed by atoms with Crippen LogP contribution in [0.15, 0.2) is 24.3 Å². The van der Waals surface area contributed by atoms with Crippen molar-refractivity contribution in [3.05, 3.63) is 35.7 Å². The molecule has 0 aliphatic rings. The van der Waals surface area contributed by atoms with Crippen LogP contribution in [0.2, 0.25) is 0 Å². The molecule has 0 saturated carbocycles. The van der Waals surface area contributed by atoms with Gasteiger partial charge >= 0.3 is 5.97 Å². The molecule has 0 fully saturated rings. The molecule has 0 radical (unpaired) electrons. The summed E-state index contributed by atoms with van der Waals surface area (Å²) in [6.45, 7) is -0.336. The Morgan fingerprint density at radius 2 is 2.24 bits per heavy atom. The van der Waals surface area contributed by atoms with Crippen molar-refractivity contribution in [3.63, 3.8) is 0 Å². The van der Waals surface area contributed by atoms with Crippen molar-refractivity contribution in [2.75, 3.05) is 13.3 Å². The Morgan fingerprint density at radius 1 is 1.47 bits per heavy atom. The summed E-state index contributed by atoms with van der Waals surface area (Å²) in [5.41, 5.74) is 0.311.